The molecule has 0 saturated heterocycles. The van der Waals surface area contributed by atoms with E-state index in [9.17, 15) is 9.90 Å². The highest BCUT2D eigenvalue weighted by Gasteiger charge is 2.22. The van der Waals surface area contributed by atoms with Crippen LogP contribution in [0.4, 0.5) is 0 Å². The molecule has 1 unspecified atom stereocenters. The van der Waals surface area contributed by atoms with E-state index in [1.165, 1.54) is 7.11 Å². The molecule has 0 aromatic heterocycles. The quantitative estimate of drug-likeness (QED) is 0.810. The van der Waals surface area contributed by atoms with E-state index >= 15 is 0 Å². The summed E-state index contributed by atoms with van der Waals surface area (Å²) in [6, 6.07) is 3.16. The SMILES string of the molecule is CCOC(=O)C(O)c1cc(Br)c(OC)c(OCC)c1. The predicted molar refractivity (Wildman–Crippen MR) is 73.5 cm³/mol. The monoisotopic (exact) mass is 332 g/mol. The Morgan fingerprint density at radius 2 is 2.05 bits per heavy atom. The first kappa shape index (κ1) is 15.8. The third-order valence-electron chi connectivity index (χ3n) is 2.36. The van der Waals surface area contributed by atoms with Crippen LogP contribution in [0.3, 0.4) is 0 Å². The Balaban J connectivity index is 3.12. The summed E-state index contributed by atoms with van der Waals surface area (Å²) in [6.45, 7) is 4.18. The molecule has 0 aliphatic carbocycles. The Bertz CT molecular complexity index is 447. The number of methoxy groups -OCH3 is 1. The minimum atomic E-state index is -1.35. The molecule has 0 amide bonds. The fraction of sp³-hybridized carbons (Fsp3) is 0.462. The van der Waals surface area contributed by atoms with Crippen molar-refractivity contribution in [1.29, 1.82) is 0 Å². The minimum Gasteiger partial charge on any atom is -0.492 e. The van der Waals surface area contributed by atoms with E-state index in [0.29, 0.717) is 28.1 Å². The molecule has 6 heteroatoms. The van der Waals surface area contributed by atoms with Crippen molar-refractivity contribution >= 4 is 21.9 Å². The molecule has 0 fully saturated rings. The molecule has 1 aromatic carbocycles. The van der Waals surface area contributed by atoms with E-state index in [4.69, 9.17) is 14.2 Å². The van der Waals surface area contributed by atoms with Crippen LogP contribution in [-0.4, -0.2) is 31.4 Å². The summed E-state index contributed by atoms with van der Waals surface area (Å²) in [6.07, 6.45) is -1.35. The van der Waals surface area contributed by atoms with Crippen LogP contribution in [-0.2, 0) is 9.53 Å². The van der Waals surface area contributed by atoms with Gasteiger partial charge in [0.05, 0.1) is 24.8 Å². The van der Waals surface area contributed by atoms with Gasteiger partial charge in [0.2, 0.25) is 0 Å². The average molecular weight is 333 g/mol. The lowest BCUT2D eigenvalue weighted by Gasteiger charge is -2.15. The van der Waals surface area contributed by atoms with Crippen molar-refractivity contribution in [2.24, 2.45) is 0 Å². The third kappa shape index (κ3) is 3.84. The molecular weight excluding hydrogens is 316 g/mol. The van der Waals surface area contributed by atoms with Gasteiger partial charge in [-0.15, -0.1) is 0 Å². The Labute approximate surface area is 120 Å². The highest BCUT2D eigenvalue weighted by molar-refractivity contribution is 9.10. The molecule has 5 nitrogen and oxygen atoms in total. The number of aliphatic hydroxyl groups excluding tert-OH is 1. The maximum Gasteiger partial charge on any atom is 0.339 e. The van der Waals surface area contributed by atoms with Crippen molar-refractivity contribution in [3.05, 3.63) is 22.2 Å². The van der Waals surface area contributed by atoms with E-state index in [0.717, 1.165) is 0 Å². The maximum atomic E-state index is 11.5. The van der Waals surface area contributed by atoms with Crippen molar-refractivity contribution in [2.45, 2.75) is 20.0 Å². The highest BCUT2D eigenvalue weighted by atomic mass is 79.9. The van der Waals surface area contributed by atoms with Crippen molar-refractivity contribution < 1.29 is 24.1 Å². The van der Waals surface area contributed by atoms with E-state index in [1.54, 1.807) is 19.1 Å². The number of halogens is 1. The molecule has 0 heterocycles. The number of esters is 1. The molecular formula is C13H17BrO5. The van der Waals surface area contributed by atoms with Crippen LogP contribution >= 0.6 is 15.9 Å². The van der Waals surface area contributed by atoms with Gasteiger partial charge in [-0.05, 0) is 47.5 Å². The van der Waals surface area contributed by atoms with Gasteiger partial charge >= 0.3 is 5.97 Å². The van der Waals surface area contributed by atoms with Crippen LogP contribution in [0.2, 0.25) is 0 Å². The number of benzene rings is 1. The molecule has 19 heavy (non-hydrogen) atoms. The number of aliphatic hydroxyl groups is 1. The zero-order chi connectivity index (χ0) is 14.4. The number of carbonyl (C=O) groups excluding carboxylic acids is 1. The molecule has 0 saturated carbocycles. The van der Waals surface area contributed by atoms with Crippen molar-refractivity contribution in [3.8, 4) is 11.5 Å². The number of ether oxygens (including phenoxy) is 3. The lowest BCUT2D eigenvalue weighted by atomic mass is 10.1. The van der Waals surface area contributed by atoms with Crippen LogP contribution in [0.1, 0.15) is 25.5 Å². The molecule has 1 N–H and O–H groups in total. The second-order valence-electron chi connectivity index (χ2n) is 3.62. The van der Waals surface area contributed by atoms with Crippen molar-refractivity contribution in [2.75, 3.05) is 20.3 Å². The number of hydrogen-bond acceptors (Lipinski definition) is 5. The first-order valence-corrected chi connectivity index (χ1v) is 6.69. The molecule has 0 spiro atoms. The standard InChI is InChI=1S/C13H17BrO5/c1-4-18-10-7-8(6-9(14)12(10)17-3)11(15)13(16)19-5-2/h6-7,11,15H,4-5H2,1-3H3. The van der Waals surface area contributed by atoms with Crippen molar-refractivity contribution in [1.82, 2.24) is 0 Å². The topological polar surface area (TPSA) is 65.0 Å². The smallest absolute Gasteiger partial charge is 0.339 e. The molecule has 1 aromatic rings. The van der Waals surface area contributed by atoms with Gasteiger partial charge in [-0.25, -0.2) is 4.79 Å². The van der Waals surface area contributed by atoms with Crippen LogP contribution in [0, 0.1) is 0 Å². The second-order valence-corrected chi connectivity index (χ2v) is 4.48. The summed E-state index contributed by atoms with van der Waals surface area (Å²) in [5, 5.41) is 9.91. The van der Waals surface area contributed by atoms with Crippen LogP contribution in [0.5, 0.6) is 11.5 Å². The molecule has 1 atom stereocenters. The summed E-state index contributed by atoms with van der Waals surface area (Å²) in [5.41, 5.74) is 0.384. The van der Waals surface area contributed by atoms with Gasteiger partial charge in [0.25, 0.3) is 0 Å². The van der Waals surface area contributed by atoms with Crippen LogP contribution in [0.15, 0.2) is 16.6 Å². The molecule has 0 aliphatic heterocycles. The first-order chi connectivity index (χ1) is 9.04. The van der Waals surface area contributed by atoms with Gasteiger partial charge < -0.3 is 19.3 Å². The minimum absolute atomic E-state index is 0.214. The van der Waals surface area contributed by atoms with Gasteiger partial charge in [-0.3, -0.25) is 0 Å². The van der Waals surface area contributed by atoms with Gasteiger partial charge in [-0.1, -0.05) is 0 Å². The Morgan fingerprint density at radius 1 is 1.37 bits per heavy atom. The predicted octanol–water partition coefficient (Wildman–Crippen LogP) is 2.45. The lowest BCUT2D eigenvalue weighted by molar-refractivity contribution is -0.153. The Morgan fingerprint density at radius 3 is 2.58 bits per heavy atom. The normalized spacial score (nSPS) is 11.8. The summed E-state index contributed by atoms with van der Waals surface area (Å²) >= 11 is 3.32. The third-order valence-corrected chi connectivity index (χ3v) is 2.95. The molecule has 0 radical (unpaired) electrons. The fourth-order valence-corrected chi connectivity index (χ4v) is 2.19. The van der Waals surface area contributed by atoms with Gasteiger partial charge in [0, 0.05) is 0 Å². The largest absolute Gasteiger partial charge is 0.492 e. The highest BCUT2D eigenvalue weighted by Crippen LogP contribution is 2.38. The lowest BCUT2D eigenvalue weighted by Crippen LogP contribution is -2.15. The summed E-state index contributed by atoms with van der Waals surface area (Å²) in [5.74, 6) is 0.279. The van der Waals surface area contributed by atoms with Gasteiger partial charge in [0.1, 0.15) is 0 Å². The average Bonchev–Trinajstić information content (AvgIpc) is 2.38. The van der Waals surface area contributed by atoms with Crippen molar-refractivity contribution in [3.63, 3.8) is 0 Å². The van der Waals surface area contributed by atoms with E-state index < -0.39 is 12.1 Å². The van der Waals surface area contributed by atoms with Crippen LogP contribution in [0.25, 0.3) is 0 Å². The fourth-order valence-electron chi connectivity index (χ4n) is 1.56. The van der Waals surface area contributed by atoms with E-state index in [2.05, 4.69) is 15.9 Å². The van der Waals surface area contributed by atoms with E-state index in [-0.39, 0.29) is 6.61 Å². The number of carbonyl (C=O) groups is 1. The summed E-state index contributed by atoms with van der Waals surface area (Å²) in [4.78, 5) is 11.5. The molecule has 1 rings (SSSR count). The molecule has 0 aliphatic rings. The number of rotatable bonds is 6. The number of hydrogen-bond donors (Lipinski definition) is 1. The second kappa shape index (κ2) is 7.35. The van der Waals surface area contributed by atoms with Gasteiger partial charge in [0.15, 0.2) is 17.6 Å². The molecule has 106 valence electrons. The van der Waals surface area contributed by atoms with Gasteiger partial charge in [-0.2, -0.15) is 0 Å². The van der Waals surface area contributed by atoms with E-state index in [1.807, 2.05) is 6.92 Å². The Kier molecular flexibility index (Phi) is 6.11. The zero-order valence-electron chi connectivity index (χ0n) is 11.1. The van der Waals surface area contributed by atoms with Crippen LogP contribution < -0.4 is 9.47 Å². The summed E-state index contributed by atoms with van der Waals surface area (Å²) in [7, 11) is 1.52. The zero-order valence-corrected chi connectivity index (χ0v) is 12.7. The Hall–Kier alpha value is -1.27. The summed E-state index contributed by atoms with van der Waals surface area (Å²) < 4.78 is 16.0. The molecule has 0 bridgehead atoms. The maximum absolute atomic E-state index is 11.5. The first-order valence-electron chi connectivity index (χ1n) is 5.90.